The number of hydrogen-bond acceptors (Lipinski definition) is 7. The maximum Gasteiger partial charge on any atom is 0.251 e. The van der Waals surface area contributed by atoms with E-state index in [9.17, 15) is 4.79 Å². The lowest BCUT2D eigenvalue weighted by molar-refractivity contribution is 0.0103. The SMILES string of the molecule is CNC(=O)c1cccc2cc(Oc3ccnc4cc(OC[C@H](C)N5CCOCC5)c5c(c34)CCO5)ccc12. The van der Waals surface area contributed by atoms with Crippen molar-refractivity contribution in [3.8, 4) is 23.0 Å². The number of benzene rings is 3. The minimum absolute atomic E-state index is 0.114. The summed E-state index contributed by atoms with van der Waals surface area (Å²) in [5.41, 5.74) is 2.50. The summed E-state index contributed by atoms with van der Waals surface area (Å²) in [7, 11) is 1.64. The number of amides is 1. The van der Waals surface area contributed by atoms with E-state index in [0.717, 1.165) is 71.5 Å². The van der Waals surface area contributed by atoms with Gasteiger partial charge in [0.25, 0.3) is 5.91 Å². The zero-order valence-electron chi connectivity index (χ0n) is 21.7. The van der Waals surface area contributed by atoms with Crippen molar-refractivity contribution in [1.82, 2.24) is 15.2 Å². The quantitative estimate of drug-likeness (QED) is 0.388. The molecule has 0 aliphatic carbocycles. The van der Waals surface area contributed by atoms with Crippen molar-refractivity contribution in [3.63, 3.8) is 0 Å². The monoisotopic (exact) mass is 513 g/mol. The average molecular weight is 514 g/mol. The second-order valence-electron chi connectivity index (χ2n) is 9.66. The van der Waals surface area contributed by atoms with Gasteiger partial charge in [0.15, 0.2) is 11.5 Å². The van der Waals surface area contributed by atoms with Gasteiger partial charge in [-0.2, -0.15) is 0 Å². The average Bonchev–Trinajstić information content (AvgIpc) is 3.46. The maximum atomic E-state index is 12.3. The molecule has 0 spiro atoms. The first kappa shape index (κ1) is 24.5. The smallest absolute Gasteiger partial charge is 0.251 e. The van der Waals surface area contributed by atoms with Crippen molar-refractivity contribution in [2.24, 2.45) is 0 Å². The molecule has 0 unspecified atom stereocenters. The molecule has 8 nitrogen and oxygen atoms in total. The Labute approximate surface area is 221 Å². The molecule has 1 aromatic heterocycles. The van der Waals surface area contributed by atoms with Crippen molar-refractivity contribution in [3.05, 3.63) is 65.9 Å². The van der Waals surface area contributed by atoms with E-state index in [4.69, 9.17) is 18.9 Å². The molecule has 4 aromatic rings. The topological polar surface area (TPSA) is 82.2 Å². The van der Waals surface area contributed by atoms with Crippen LogP contribution < -0.4 is 19.5 Å². The number of carbonyl (C=O) groups is 1. The number of rotatable bonds is 7. The van der Waals surface area contributed by atoms with Crippen molar-refractivity contribution < 1.29 is 23.7 Å². The van der Waals surface area contributed by atoms with Crippen LogP contribution in [0.25, 0.3) is 21.7 Å². The van der Waals surface area contributed by atoms with Crippen LogP contribution in [-0.4, -0.2) is 68.4 Å². The van der Waals surface area contributed by atoms with Gasteiger partial charge in [-0.3, -0.25) is 14.7 Å². The van der Waals surface area contributed by atoms with E-state index in [-0.39, 0.29) is 11.9 Å². The van der Waals surface area contributed by atoms with Gasteiger partial charge in [-0.25, -0.2) is 0 Å². The number of fused-ring (bicyclic) bond motifs is 4. The number of nitrogens with one attached hydrogen (secondary N) is 1. The predicted molar refractivity (Wildman–Crippen MR) is 146 cm³/mol. The Morgan fingerprint density at radius 2 is 1.97 bits per heavy atom. The second kappa shape index (κ2) is 10.5. The van der Waals surface area contributed by atoms with Crippen LogP contribution in [-0.2, 0) is 11.2 Å². The molecule has 1 atom stereocenters. The normalized spacial score (nSPS) is 16.2. The fourth-order valence-electron chi connectivity index (χ4n) is 5.29. The summed E-state index contributed by atoms with van der Waals surface area (Å²) in [6.45, 7) is 6.69. The van der Waals surface area contributed by atoms with Gasteiger partial charge in [-0.05, 0) is 48.0 Å². The third-order valence-electron chi connectivity index (χ3n) is 7.31. The summed E-state index contributed by atoms with van der Waals surface area (Å²) in [6, 6.07) is 15.6. The van der Waals surface area contributed by atoms with E-state index >= 15 is 0 Å². The van der Waals surface area contributed by atoms with Gasteiger partial charge in [0.1, 0.15) is 18.1 Å². The zero-order valence-corrected chi connectivity index (χ0v) is 21.7. The molecule has 1 amide bonds. The Bertz CT molecular complexity index is 1500. The van der Waals surface area contributed by atoms with Crippen LogP contribution in [0.2, 0.25) is 0 Å². The minimum Gasteiger partial charge on any atom is -0.489 e. The van der Waals surface area contributed by atoms with Crippen LogP contribution >= 0.6 is 0 Å². The lowest BCUT2D eigenvalue weighted by Gasteiger charge is -2.32. The van der Waals surface area contributed by atoms with Gasteiger partial charge in [0, 0.05) is 56.0 Å². The first-order valence-electron chi connectivity index (χ1n) is 13.1. The maximum absolute atomic E-state index is 12.3. The highest BCUT2D eigenvalue weighted by Crippen LogP contribution is 2.44. The Morgan fingerprint density at radius 1 is 1.11 bits per heavy atom. The van der Waals surface area contributed by atoms with Crippen molar-refractivity contribution in [1.29, 1.82) is 0 Å². The van der Waals surface area contributed by atoms with Crippen LogP contribution in [0, 0.1) is 0 Å². The van der Waals surface area contributed by atoms with Crippen molar-refractivity contribution in [2.75, 3.05) is 46.6 Å². The van der Waals surface area contributed by atoms with Crippen LogP contribution in [0.1, 0.15) is 22.8 Å². The second-order valence-corrected chi connectivity index (χ2v) is 9.66. The number of aromatic nitrogens is 1. The number of nitrogens with zero attached hydrogens (tertiary/aromatic N) is 2. The standard InChI is InChI=1S/C30H31N3O5/c1-19(33-11-14-35-15-12-33)18-37-27-17-25-28(24-9-13-36-29(24)27)26(8-10-32-25)38-21-6-7-22-20(16-21)4-3-5-23(22)30(34)31-2/h3-8,10,16-17,19H,9,11-15,18H2,1-2H3,(H,31,34)/t19-/m0/s1. The Kier molecular flexibility index (Phi) is 6.74. The van der Waals surface area contributed by atoms with Gasteiger partial charge in [-0.15, -0.1) is 0 Å². The molecule has 1 N–H and O–H groups in total. The fourth-order valence-corrected chi connectivity index (χ4v) is 5.29. The summed E-state index contributed by atoms with van der Waals surface area (Å²) < 4.78 is 24.2. The number of morpholine rings is 1. The van der Waals surface area contributed by atoms with E-state index in [1.165, 1.54) is 0 Å². The highest BCUT2D eigenvalue weighted by molar-refractivity contribution is 6.07. The summed E-state index contributed by atoms with van der Waals surface area (Å²) in [5.74, 6) is 2.79. The van der Waals surface area contributed by atoms with Gasteiger partial charge >= 0.3 is 0 Å². The molecule has 1 fully saturated rings. The summed E-state index contributed by atoms with van der Waals surface area (Å²) in [5, 5.41) is 5.45. The molecule has 8 heteroatoms. The number of hydrogen-bond donors (Lipinski definition) is 1. The van der Waals surface area contributed by atoms with Gasteiger partial charge in [0.2, 0.25) is 0 Å². The van der Waals surface area contributed by atoms with E-state index in [1.807, 2.05) is 48.5 Å². The molecule has 3 heterocycles. The summed E-state index contributed by atoms with van der Waals surface area (Å²) >= 11 is 0. The largest absolute Gasteiger partial charge is 0.489 e. The van der Waals surface area contributed by atoms with Crippen molar-refractivity contribution in [2.45, 2.75) is 19.4 Å². The van der Waals surface area contributed by atoms with E-state index in [0.29, 0.717) is 30.3 Å². The number of pyridine rings is 1. The van der Waals surface area contributed by atoms with Gasteiger partial charge in [-0.1, -0.05) is 12.1 Å². The molecule has 2 aliphatic heterocycles. The third kappa shape index (κ3) is 4.61. The van der Waals surface area contributed by atoms with E-state index in [1.54, 1.807) is 13.2 Å². The van der Waals surface area contributed by atoms with Gasteiger partial charge in [0.05, 0.1) is 30.7 Å². The molecule has 0 saturated carbocycles. The molecular formula is C30H31N3O5. The highest BCUT2D eigenvalue weighted by atomic mass is 16.5. The molecule has 3 aromatic carbocycles. The van der Waals surface area contributed by atoms with Crippen molar-refractivity contribution >= 4 is 27.6 Å². The Morgan fingerprint density at radius 3 is 2.82 bits per heavy atom. The summed E-state index contributed by atoms with van der Waals surface area (Å²) in [4.78, 5) is 19.3. The Balaban J connectivity index is 1.30. The number of ether oxygens (including phenoxy) is 4. The van der Waals surface area contributed by atoms with E-state index in [2.05, 4.69) is 22.1 Å². The van der Waals surface area contributed by atoms with Crippen LogP contribution in [0.15, 0.2) is 54.7 Å². The lowest BCUT2D eigenvalue weighted by atomic mass is 10.0. The molecule has 0 radical (unpaired) electrons. The predicted octanol–water partition coefficient (Wildman–Crippen LogP) is 4.57. The van der Waals surface area contributed by atoms with Crippen LogP contribution in [0.3, 0.4) is 0 Å². The highest BCUT2D eigenvalue weighted by Gasteiger charge is 2.25. The zero-order chi connectivity index (χ0) is 26.1. The van der Waals surface area contributed by atoms with Gasteiger partial charge < -0.3 is 24.3 Å². The third-order valence-corrected chi connectivity index (χ3v) is 7.31. The van der Waals surface area contributed by atoms with Crippen LogP contribution in [0.4, 0.5) is 0 Å². The fraction of sp³-hybridized carbons (Fsp3) is 0.333. The molecule has 38 heavy (non-hydrogen) atoms. The van der Waals surface area contributed by atoms with Crippen LogP contribution in [0.5, 0.6) is 23.0 Å². The van der Waals surface area contributed by atoms with E-state index < -0.39 is 0 Å². The molecule has 6 rings (SSSR count). The molecule has 1 saturated heterocycles. The lowest BCUT2D eigenvalue weighted by Crippen LogP contribution is -2.44. The molecule has 2 aliphatic rings. The minimum atomic E-state index is -0.114. The molecular weight excluding hydrogens is 482 g/mol. The first-order valence-corrected chi connectivity index (χ1v) is 13.1. The summed E-state index contributed by atoms with van der Waals surface area (Å²) in [6.07, 6.45) is 2.52. The molecule has 0 bridgehead atoms. The first-order chi connectivity index (χ1) is 18.6. The molecule has 196 valence electrons. The Hall–Kier alpha value is -3.88. The number of carbonyl (C=O) groups excluding carboxylic acids is 1.